The average molecular weight is 242 g/mol. The van der Waals surface area contributed by atoms with Crippen LogP contribution in [-0.2, 0) is 0 Å². The van der Waals surface area contributed by atoms with Crippen molar-refractivity contribution in [2.24, 2.45) is 4.99 Å². The number of ketones is 1. The van der Waals surface area contributed by atoms with Crippen LogP contribution in [0.4, 0.5) is 5.82 Å². The maximum absolute atomic E-state index is 12.0. The van der Waals surface area contributed by atoms with Crippen LogP contribution in [0.5, 0.6) is 0 Å². The van der Waals surface area contributed by atoms with E-state index in [4.69, 9.17) is 0 Å². The fourth-order valence-corrected chi connectivity index (χ4v) is 2.57. The Morgan fingerprint density at radius 1 is 1.41 bits per heavy atom. The highest BCUT2D eigenvalue weighted by Gasteiger charge is 2.22. The summed E-state index contributed by atoms with van der Waals surface area (Å²) >= 11 is 1.60. The van der Waals surface area contributed by atoms with Gasteiger partial charge in [-0.2, -0.15) is 0 Å². The minimum Gasteiger partial charge on any atom is -0.294 e. The Kier molecular flexibility index (Phi) is 2.37. The minimum atomic E-state index is 0.106. The number of hydrogen-bond acceptors (Lipinski definition) is 4. The molecular formula is C13H10N2OS. The molecular weight excluding hydrogens is 232 g/mol. The summed E-state index contributed by atoms with van der Waals surface area (Å²) in [6.45, 7) is 1.93. The number of fused-ring (bicyclic) bond motifs is 1. The molecule has 0 spiro atoms. The van der Waals surface area contributed by atoms with Gasteiger partial charge in [0.1, 0.15) is 0 Å². The molecule has 0 N–H and O–H groups in total. The first-order valence-electron chi connectivity index (χ1n) is 5.35. The first-order chi connectivity index (χ1) is 8.24. The van der Waals surface area contributed by atoms with Gasteiger partial charge in [0.25, 0.3) is 0 Å². The second-order valence-electron chi connectivity index (χ2n) is 4.02. The predicted molar refractivity (Wildman–Crippen MR) is 68.4 cm³/mol. The smallest absolute Gasteiger partial charge is 0.172 e. The van der Waals surface area contributed by atoms with E-state index in [1.54, 1.807) is 17.5 Å². The standard InChI is InChI=1S/C13H10N2OS/c1-8-5-9-11(16)6-10(12-3-2-4-17-12)15-13(9)14-7-8/h2-5,7H,6H2,1H3. The van der Waals surface area contributed by atoms with E-state index in [1.807, 2.05) is 30.5 Å². The van der Waals surface area contributed by atoms with Crippen LogP contribution in [0, 0.1) is 6.92 Å². The summed E-state index contributed by atoms with van der Waals surface area (Å²) in [5, 5.41) is 1.99. The molecule has 3 rings (SSSR count). The molecule has 2 aromatic rings. The van der Waals surface area contributed by atoms with Crippen LogP contribution in [0.25, 0.3) is 0 Å². The van der Waals surface area contributed by atoms with Crippen molar-refractivity contribution < 1.29 is 4.79 Å². The van der Waals surface area contributed by atoms with Gasteiger partial charge in [-0.1, -0.05) is 6.07 Å². The summed E-state index contributed by atoms with van der Waals surface area (Å²) in [6.07, 6.45) is 2.12. The van der Waals surface area contributed by atoms with E-state index in [1.165, 1.54) is 0 Å². The first-order valence-corrected chi connectivity index (χ1v) is 6.23. The molecule has 3 nitrogen and oxygen atoms in total. The van der Waals surface area contributed by atoms with E-state index in [0.717, 1.165) is 16.2 Å². The second-order valence-corrected chi connectivity index (χ2v) is 4.97. The molecule has 84 valence electrons. The third kappa shape index (κ3) is 1.80. The van der Waals surface area contributed by atoms with E-state index < -0.39 is 0 Å². The van der Waals surface area contributed by atoms with Crippen molar-refractivity contribution in [2.75, 3.05) is 0 Å². The van der Waals surface area contributed by atoms with Gasteiger partial charge in [-0.15, -0.1) is 11.3 Å². The summed E-state index contributed by atoms with van der Waals surface area (Å²) in [6, 6.07) is 5.81. The molecule has 1 aliphatic rings. The van der Waals surface area contributed by atoms with E-state index in [9.17, 15) is 4.79 Å². The Hall–Kier alpha value is -1.81. The topological polar surface area (TPSA) is 42.3 Å². The number of rotatable bonds is 1. The molecule has 0 aliphatic carbocycles. The van der Waals surface area contributed by atoms with Gasteiger partial charge in [0.2, 0.25) is 0 Å². The lowest BCUT2D eigenvalue weighted by Gasteiger charge is -2.13. The average Bonchev–Trinajstić information content (AvgIpc) is 2.83. The quantitative estimate of drug-likeness (QED) is 0.770. The number of pyridine rings is 1. The molecule has 0 fully saturated rings. The molecule has 0 radical (unpaired) electrons. The molecule has 0 unspecified atom stereocenters. The highest BCUT2D eigenvalue weighted by atomic mass is 32.1. The summed E-state index contributed by atoms with van der Waals surface area (Å²) in [7, 11) is 0. The number of Topliss-reactive ketones (excluding diaryl/α,β-unsaturated/α-hetero) is 1. The lowest BCUT2D eigenvalue weighted by molar-refractivity contribution is 0.0999. The van der Waals surface area contributed by atoms with Crippen molar-refractivity contribution in [2.45, 2.75) is 13.3 Å². The monoisotopic (exact) mass is 242 g/mol. The van der Waals surface area contributed by atoms with Crippen LogP contribution in [0.2, 0.25) is 0 Å². The lowest BCUT2D eigenvalue weighted by atomic mass is 10.0. The Morgan fingerprint density at radius 2 is 2.29 bits per heavy atom. The fourth-order valence-electron chi connectivity index (χ4n) is 1.86. The predicted octanol–water partition coefficient (Wildman–Crippen LogP) is 3.16. The summed E-state index contributed by atoms with van der Waals surface area (Å²) < 4.78 is 0. The van der Waals surface area contributed by atoms with E-state index in [0.29, 0.717) is 17.8 Å². The Morgan fingerprint density at radius 3 is 3.06 bits per heavy atom. The second kappa shape index (κ2) is 3.89. The molecule has 0 bridgehead atoms. The van der Waals surface area contributed by atoms with Crippen molar-refractivity contribution in [1.29, 1.82) is 0 Å². The number of carbonyl (C=O) groups is 1. The van der Waals surface area contributed by atoms with Gasteiger partial charge in [-0.05, 0) is 30.0 Å². The molecule has 0 amide bonds. The molecule has 2 aromatic heterocycles. The van der Waals surface area contributed by atoms with Crippen molar-refractivity contribution in [3.05, 3.63) is 45.8 Å². The molecule has 17 heavy (non-hydrogen) atoms. The Bertz CT molecular complexity index is 614. The van der Waals surface area contributed by atoms with Crippen LogP contribution >= 0.6 is 11.3 Å². The maximum atomic E-state index is 12.0. The number of hydrogen-bond donors (Lipinski definition) is 0. The van der Waals surface area contributed by atoms with Gasteiger partial charge in [0, 0.05) is 11.1 Å². The zero-order valence-corrected chi connectivity index (χ0v) is 10.1. The normalized spacial score (nSPS) is 14.4. The molecule has 3 heterocycles. The summed E-state index contributed by atoms with van der Waals surface area (Å²) in [5.41, 5.74) is 2.46. The molecule has 4 heteroatoms. The number of carbonyl (C=O) groups excluding carboxylic acids is 1. The van der Waals surface area contributed by atoms with E-state index in [-0.39, 0.29) is 5.78 Å². The van der Waals surface area contributed by atoms with E-state index >= 15 is 0 Å². The lowest BCUT2D eigenvalue weighted by Crippen LogP contribution is -2.14. The molecule has 0 saturated heterocycles. The van der Waals surface area contributed by atoms with E-state index in [2.05, 4.69) is 9.98 Å². The Labute approximate surface area is 103 Å². The van der Waals surface area contributed by atoms with Gasteiger partial charge >= 0.3 is 0 Å². The summed E-state index contributed by atoms with van der Waals surface area (Å²) in [4.78, 5) is 21.8. The number of thiophene rings is 1. The molecule has 0 saturated carbocycles. The van der Waals surface area contributed by atoms with Crippen molar-refractivity contribution in [3.8, 4) is 0 Å². The van der Waals surface area contributed by atoms with Crippen LogP contribution in [-0.4, -0.2) is 16.5 Å². The van der Waals surface area contributed by atoms with Crippen molar-refractivity contribution >= 4 is 28.6 Å². The van der Waals surface area contributed by atoms with Crippen LogP contribution in [0.1, 0.15) is 27.2 Å². The fraction of sp³-hybridized carbons (Fsp3) is 0.154. The van der Waals surface area contributed by atoms with Gasteiger partial charge in [-0.3, -0.25) is 4.79 Å². The minimum absolute atomic E-state index is 0.106. The number of aromatic nitrogens is 1. The summed E-state index contributed by atoms with van der Waals surface area (Å²) in [5.74, 6) is 0.657. The van der Waals surface area contributed by atoms with Crippen molar-refractivity contribution in [1.82, 2.24) is 4.98 Å². The third-order valence-corrected chi connectivity index (χ3v) is 3.60. The largest absolute Gasteiger partial charge is 0.294 e. The van der Waals surface area contributed by atoms with Crippen molar-refractivity contribution in [3.63, 3.8) is 0 Å². The highest BCUT2D eigenvalue weighted by molar-refractivity contribution is 7.12. The number of aryl methyl sites for hydroxylation is 1. The van der Waals surface area contributed by atoms with Gasteiger partial charge in [-0.25, -0.2) is 9.98 Å². The highest BCUT2D eigenvalue weighted by Crippen LogP contribution is 2.27. The molecule has 0 atom stereocenters. The molecule has 0 aromatic carbocycles. The zero-order valence-electron chi connectivity index (χ0n) is 9.30. The van der Waals surface area contributed by atoms with Gasteiger partial charge < -0.3 is 0 Å². The van der Waals surface area contributed by atoms with Gasteiger partial charge in [0.15, 0.2) is 11.6 Å². The number of nitrogens with zero attached hydrogens (tertiary/aromatic N) is 2. The van der Waals surface area contributed by atoms with Gasteiger partial charge in [0.05, 0.1) is 17.7 Å². The van der Waals surface area contributed by atoms with Crippen LogP contribution in [0.3, 0.4) is 0 Å². The van der Waals surface area contributed by atoms with Crippen LogP contribution in [0.15, 0.2) is 34.8 Å². The third-order valence-electron chi connectivity index (χ3n) is 2.68. The zero-order chi connectivity index (χ0) is 11.8. The first kappa shape index (κ1) is 10.4. The molecule has 1 aliphatic heterocycles. The van der Waals surface area contributed by atoms with Crippen LogP contribution < -0.4 is 0 Å². The number of aliphatic imine (C=N–C) groups is 1. The Balaban J connectivity index is 2.13. The SMILES string of the molecule is Cc1cnc2c(c1)C(=O)CC(c1cccs1)=N2. The maximum Gasteiger partial charge on any atom is 0.172 e.